The summed E-state index contributed by atoms with van der Waals surface area (Å²) in [6.45, 7) is 9.16. The van der Waals surface area contributed by atoms with Crippen LogP contribution in [0, 0.1) is 33.5 Å². The molecule has 1 aromatic rings. The van der Waals surface area contributed by atoms with E-state index in [0.717, 1.165) is 64.0 Å². The number of aliphatic hydroxyl groups is 3. The van der Waals surface area contributed by atoms with Gasteiger partial charge in [-0.1, -0.05) is 44.2 Å². The normalized spacial score (nSPS) is 43.0. The predicted molar refractivity (Wildman–Crippen MR) is 164 cm³/mol. The molecule has 7 aliphatic rings. The lowest BCUT2D eigenvalue weighted by Crippen LogP contribution is -2.67. The van der Waals surface area contributed by atoms with E-state index in [4.69, 9.17) is 0 Å². The van der Waals surface area contributed by atoms with E-state index >= 15 is 0 Å². The van der Waals surface area contributed by atoms with Crippen molar-refractivity contribution in [1.29, 1.82) is 0 Å². The van der Waals surface area contributed by atoms with Crippen molar-refractivity contribution in [1.82, 2.24) is 9.80 Å². The lowest BCUT2D eigenvalue weighted by molar-refractivity contribution is -0.177. The van der Waals surface area contributed by atoms with Gasteiger partial charge in [-0.2, -0.15) is 13.2 Å². The quantitative estimate of drug-likeness (QED) is 0.301. The molecule has 6 nitrogen and oxygen atoms in total. The van der Waals surface area contributed by atoms with Crippen LogP contribution in [0.4, 0.5) is 13.2 Å². The van der Waals surface area contributed by atoms with Gasteiger partial charge in [-0.15, -0.1) is 0 Å². The fourth-order valence-corrected chi connectivity index (χ4v) is 11.3. The SMILES string of the molecule is CC12CCC(O)CC13C=CC1(C(C(=O)c4cccc(C(F)(F)F)c4)=C3)C2CCC2(C)C1CCC2(O)CN1CCN(CCO)CC1. The van der Waals surface area contributed by atoms with E-state index in [0.29, 0.717) is 37.9 Å². The largest absolute Gasteiger partial charge is 0.416 e. The van der Waals surface area contributed by atoms with E-state index in [9.17, 15) is 33.3 Å². The maximum absolute atomic E-state index is 14.6. The fraction of sp³-hybridized carbons (Fsp3) is 0.694. The summed E-state index contributed by atoms with van der Waals surface area (Å²) in [5.41, 5.74) is -3.14. The van der Waals surface area contributed by atoms with Crippen LogP contribution in [0.2, 0.25) is 0 Å². The van der Waals surface area contributed by atoms with Gasteiger partial charge in [0.25, 0.3) is 0 Å². The number of benzene rings is 1. The van der Waals surface area contributed by atoms with Crippen molar-refractivity contribution >= 4 is 5.78 Å². The van der Waals surface area contributed by atoms with Crippen LogP contribution in [-0.2, 0) is 6.18 Å². The summed E-state index contributed by atoms with van der Waals surface area (Å²) in [6, 6.07) is 4.79. The van der Waals surface area contributed by atoms with Gasteiger partial charge in [-0.25, -0.2) is 0 Å². The Hall–Kier alpha value is -2.04. The molecular weight excluding hydrogens is 581 g/mol. The van der Waals surface area contributed by atoms with E-state index in [2.05, 4.69) is 41.9 Å². The second kappa shape index (κ2) is 10.5. The van der Waals surface area contributed by atoms with Gasteiger partial charge in [0.05, 0.1) is 23.9 Å². The highest BCUT2D eigenvalue weighted by atomic mass is 19.4. The molecule has 9 heteroatoms. The number of alkyl halides is 3. The topological polar surface area (TPSA) is 84.2 Å². The average Bonchev–Trinajstić information content (AvgIpc) is 3.27. The minimum atomic E-state index is -4.56. The number of carbonyl (C=O) groups excluding carboxylic acids is 1. The third kappa shape index (κ3) is 4.43. The summed E-state index contributed by atoms with van der Waals surface area (Å²) in [5, 5.41) is 32.8. The summed E-state index contributed by atoms with van der Waals surface area (Å²) >= 11 is 0. The lowest BCUT2D eigenvalue weighted by Gasteiger charge is -2.71. The molecule has 6 aliphatic carbocycles. The molecule has 1 heterocycles. The molecule has 45 heavy (non-hydrogen) atoms. The van der Waals surface area contributed by atoms with Gasteiger partial charge >= 0.3 is 6.18 Å². The minimum Gasteiger partial charge on any atom is -0.395 e. The molecule has 0 aromatic heterocycles. The number of carbonyl (C=O) groups is 1. The highest BCUT2D eigenvalue weighted by Gasteiger charge is 2.74. The molecule has 3 saturated carbocycles. The van der Waals surface area contributed by atoms with Crippen LogP contribution in [0.3, 0.4) is 0 Å². The first-order valence-corrected chi connectivity index (χ1v) is 16.8. The molecule has 2 bridgehead atoms. The van der Waals surface area contributed by atoms with E-state index in [-0.39, 0.29) is 35.2 Å². The maximum Gasteiger partial charge on any atom is 0.416 e. The Kier molecular flexibility index (Phi) is 7.35. The number of nitrogens with zero attached hydrogens (tertiary/aromatic N) is 2. The van der Waals surface area contributed by atoms with Crippen LogP contribution in [0.1, 0.15) is 74.7 Å². The number of hydrogen-bond donors (Lipinski definition) is 3. The third-order valence-electron chi connectivity index (χ3n) is 13.8. The van der Waals surface area contributed by atoms with Gasteiger partial charge in [0.2, 0.25) is 0 Å². The van der Waals surface area contributed by atoms with Crippen LogP contribution in [0.5, 0.6) is 0 Å². The van der Waals surface area contributed by atoms with E-state index in [1.54, 1.807) is 0 Å². The molecule has 8 rings (SSSR count). The molecule has 1 aromatic carbocycles. The van der Waals surface area contributed by atoms with Gasteiger partial charge in [0.15, 0.2) is 5.78 Å². The monoisotopic (exact) mass is 628 g/mol. The van der Waals surface area contributed by atoms with Crippen molar-refractivity contribution in [3.63, 3.8) is 0 Å². The number of hydrogen-bond acceptors (Lipinski definition) is 6. The molecular formula is C36H47F3N2O4. The first-order valence-electron chi connectivity index (χ1n) is 16.8. The molecule has 3 N–H and O–H groups in total. The number of allylic oxidation sites excluding steroid dienone is 4. The maximum atomic E-state index is 14.6. The highest BCUT2D eigenvalue weighted by Crippen LogP contribution is 2.78. The Bertz CT molecular complexity index is 1420. The van der Waals surface area contributed by atoms with Gasteiger partial charge in [0, 0.05) is 66.7 Å². The molecule has 1 aliphatic heterocycles. The summed E-state index contributed by atoms with van der Waals surface area (Å²) in [6.07, 6.45) is 6.40. The standard InChI is InChI=1S/C36H47F3N2O4/c1-31-9-6-26(43)21-33(31)12-13-35(27(22-33)30(44)24-4-3-5-25(20-24)36(37,38)39)28(31)7-10-32(2)29(35)8-11-34(32,45)23-41-16-14-40(15-17-41)18-19-42/h3-5,12-13,20,22,26,28-29,42-43,45H,6-11,14-19,21,23H2,1-2H3. The zero-order valence-corrected chi connectivity index (χ0v) is 26.5. The minimum absolute atomic E-state index is 0.0425. The summed E-state index contributed by atoms with van der Waals surface area (Å²) in [5.74, 6) is -0.333. The second-order valence-electron chi connectivity index (χ2n) is 15.6. The lowest BCUT2D eigenvalue weighted by atomic mass is 9.32. The zero-order chi connectivity index (χ0) is 32.0. The highest BCUT2D eigenvalue weighted by molar-refractivity contribution is 6.10. The molecule has 2 spiro atoms. The first kappa shape index (κ1) is 31.6. The van der Waals surface area contributed by atoms with E-state index < -0.39 is 39.7 Å². The fourth-order valence-electron chi connectivity index (χ4n) is 11.3. The van der Waals surface area contributed by atoms with Crippen molar-refractivity contribution in [3.8, 4) is 0 Å². The Morgan fingerprint density at radius 2 is 1.62 bits per heavy atom. The molecule has 8 atom stereocenters. The second-order valence-corrected chi connectivity index (χ2v) is 15.6. The number of β-amino-alcohol motifs (C(OH)–C–C–N with tert-alkyl or cyclic N) is 2. The number of aliphatic hydroxyl groups excluding tert-OH is 2. The third-order valence-corrected chi connectivity index (χ3v) is 13.8. The number of halogens is 3. The van der Waals surface area contributed by atoms with E-state index in [1.807, 2.05) is 0 Å². The van der Waals surface area contributed by atoms with Crippen molar-refractivity contribution in [2.24, 2.45) is 33.5 Å². The van der Waals surface area contributed by atoms with E-state index in [1.165, 1.54) is 12.1 Å². The zero-order valence-electron chi connectivity index (χ0n) is 26.5. The van der Waals surface area contributed by atoms with Crippen molar-refractivity contribution in [2.75, 3.05) is 45.9 Å². The Labute approximate surface area is 264 Å². The number of piperazine rings is 1. The van der Waals surface area contributed by atoms with Crippen LogP contribution >= 0.6 is 0 Å². The van der Waals surface area contributed by atoms with Crippen LogP contribution in [0.15, 0.2) is 48.1 Å². The molecule has 0 radical (unpaired) electrons. The predicted octanol–water partition coefficient (Wildman–Crippen LogP) is 5.09. The van der Waals surface area contributed by atoms with Gasteiger partial charge in [0.1, 0.15) is 0 Å². The average molecular weight is 629 g/mol. The smallest absolute Gasteiger partial charge is 0.395 e. The number of Topliss-reactive ketones (excluding diaryl/α,β-unsaturated/α-hetero) is 1. The van der Waals surface area contributed by atoms with Crippen LogP contribution in [0.25, 0.3) is 0 Å². The van der Waals surface area contributed by atoms with Crippen molar-refractivity contribution < 1.29 is 33.3 Å². The molecule has 8 unspecified atom stereocenters. The molecule has 0 amide bonds. The summed E-state index contributed by atoms with van der Waals surface area (Å²) in [7, 11) is 0. The number of ketones is 1. The van der Waals surface area contributed by atoms with Crippen molar-refractivity contribution in [2.45, 2.75) is 76.7 Å². The van der Waals surface area contributed by atoms with Crippen LogP contribution in [-0.4, -0.2) is 88.5 Å². The Morgan fingerprint density at radius 3 is 2.33 bits per heavy atom. The van der Waals surface area contributed by atoms with Gasteiger partial charge in [-0.3, -0.25) is 14.6 Å². The summed E-state index contributed by atoms with van der Waals surface area (Å²) < 4.78 is 41.3. The molecule has 1 saturated heterocycles. The van der Waals surface area contributed by atoms with Crippen LogP contribution < -0.4 is 0 Å². The van der Waals surface area contributed by atoms with Crippen molar-refractivity contribution in [3.05, 3.63) is 59.2 Å². The Balaban J connectivity index is 1.29. The summed E-state index contributed by atoms with van der Waals surface area (Å²) in [4.78, 5) is 19.2. The Morgan fingerprint density at radius 1 is 0.956 bits per heavy atom. The van der Waals surface area contributed by atoms with Gasteiger partial charge in [-0.05, 0) is 74.3 Å². The molecule has 4 fully saturated rings. The van der Waals surface area contributed by atoms with Gasteiger partial charge < -0.3 is 15.3 Å². The number of rotatable bonds is 6. The molecule has 246 valence electrons. The first-order chi connectivity index (χ1) is 21.2. The number of fused-ring (bicyclic) bond motifs is 1.